The number of piperidine rings is 1. The molecule has 2 aliphatic rings. The molecule has 2 fully saturated rings. The first kappa shape index (κ1) is 15.4. The van der Waals surface area contributed by atoms with E-state index in [0.717, 1.165) is 64.5 Å². The molecule has 0 N–H and O–H groups in total. The van der Waals surface area contributed by atoms with Gasteiger partial charge in [0.2, 0.25) is 5.91 Å². The van der Waals surface area contributed by atoms with Crippen LogP contribution in [0.4, 0.5) is 0 Å². The third-order valence-corrected chi connectivity index (χ3v) is 4.52. The Morgan fingerprint density at radius 2 is 2.14 bits per heavy atom. The van der Waals surface area contributed by atoms with Crippen molar-refractivity contribution < 1.29 is 9.53 Å². The second kappa shape index (κ2) is 7.65. The van der Waals surface area contributed by atoms with Gasteiger partial charge in [-0.15, -0.1) is 0 Å². The number of carbonyl (C=O) groups is 1. The molecule has 0 bridgehead atoms. The molecule has 6 heteroatoms. The lowest BCUT2D eigenvalue weighted by molar-refractivity contribution is -0.133. The molecular weight excluding hydrogens is 280 g/mol. The summed E-state index contributed by atoms with van der Waals surface area (Å²) in [6.07, 6.45) is 7.99. The maximum Gasteiger partial charge on any atom is 0.223 e. The summed E-state index contributed by atoms with van der Waals surface area (Å²) in [5.41, 5.74) is 1.01. The van der Waals surface area contributed by atoms with Gasteiger partial charge in [0, 0.05) is 63.7 Å². The van der Waals surface area contributed by atoms with E-state index in [1.54, 1.807) is 12.4 Å². The predicted octanol–water partition coefficient (Wildman–Crippen LogP) is 0.905. The van der Waals surface area contributed by atoms with Crippen molar-refractivity contribution in [2.24, 2.45) is 0 Å². The maximum atomic E-state index is 12.4. The van der Waals surface area contributed by atoms with Gasteiger partial charge in [0.15, 0.2) is 0 Å². The summed E-state index contributed by atoms with van der Waals surface area (Å²) >= 11 is 0. The molecule has 3 rings (SSSR count). The Labute approximate surface area is 131 Å². The normalized spacial score (nSPS) is 23.5. The molecule has 2 aliphatic heterocycles. The van der Waals surface area contributed by atoms with Gasteiger partial charge >= 0.3 is 0 Å². The molecule has 22 heavy (non-hydrogen) atoms. The standard InChI is InChI=1S/C16H24N4O2/c21-16(3-7-19-8-10-22-11-9-19)20-6-1-2-14(13-20)15-12-17-4-5-18-15/h4-5,12,14H,1-3,6-11,13H2. The number of aromatic nitrogens is 2. The van der Waals surface area contributed by atoms with Crippen LogP contribution < -0.4 is 0 Å². The molecular formula is C16H24N4O2. The van der Waals surface area contributed by atoms with Crippen molar-refractivity contribution in [3.63, 3.8) is 0 Å². The van der Waals surface area contributed by atoms with Crippen molar-refractivity contribution in [1.82, 2.24) is 19.8 Å². The number of amides is 1. The molecule has 1 aromatic heterocycles. The van der Waals surface area contributed by atoms with E-state index >= 15 is 0 Å². The first-order chi connectivity index (χ1) is 10.8. The second-order valence-electron chi connectivity index (χ2n) is 6.01. The lowest BCUT2D eigenvalue weighted by Gasteiger charge is -2.33. The summed E-state index contributed by atoms with van der Waals surface area (Å²) in [4.78, 5) is 25.3. The Bertz CT molecular complexity index is 476. The van der Waals surface area contributed by atoms with Crippen LogP contribution in [0.5, 0.6) is 0 Å². The van der Waals surface area contributed by atoms with E-state index < -0.39 is 0 Å². The van der Waals surface area contributed by atoms with E-state index in [1.165, 1.54) is 0 Å². The van der Waals surface area contributed by atoms with Crippen LogP contribution in [-0.2, 0) is 9.53 Å². The fraction of sp³-hybridized carbons (Fsp3) is 0.688. The molecule has 2 saturated heterocycles. The Kier molecular flexibility index (Phi) is 5.34. The van der Waals surface area contributed by atoms with Gasteiger partial charge in [-0.1, -0.05) is 0 Å². The van der Waals surface area contributed by atoms with Gasteiger partial charge in [0.05, 0.1) is 18.9 Å². The highest BCUT2D eigenvalue weighted by Gasteiger charge is 2.25. The van der Waals surface area contributed by atoms with Gasteiger partial charge in [-0.3, -0.25) is 19.7 Å². The average Bonchev–Trinajstić information content (AvgIpc) is 2.61. The highest BCUT2D eigenvalue weighted by Crippen LogP contribution is 2.25. The number of hydrogen-bond donors (Lipinski definition) is 0. The van der Waals surface area contributed by atoms with Crippen molar-refractivity contribution in [2.45, 2.75) is 25.2 Å². The van der Waals surface area contributed by atoms with Crippen molar-refractivity contribution >= 4 is 5.91 Å². The zero-order chi connectivity index (χ0) is 15.2. The summed E-state index contributed by atoms with van der Waals surface area (Å²) in [7, 11) is 0. The Balaban J connectivity index is 1.49. The zero-order valence-corrected chi connectivity index (χ0v) is 13.0. The highest BCUT2D eigenvalue weighted by atomic mass is 16.5. The monoisotopic (exact) mass is 304 g/mol. The topological polar surface area (TPSA) is 58.6 Å². The minimum atomic E-state index is 0.264. The summed E-state index contributed by atoms with van der Waals surface area (Å²) in [5.74, 6) is 0.592. The summed E-state index contributed by atoms with van der Waals surface area (Å²) in [6.45, 7) is 5.94. The molecule has 6 nitrogen and oxygen atoms in total. The van der Waals surface area contributed by atoms with E-state index in [0.29, 0.717) is 12.3 Å². The summed E-state index contributed by atoms with van der Waals surface area (Å²) < 4.78 is 5.34. The Morgan fingerprint density at radius 1 is 1.27 bits per heavy atom. The zero-order valence-electron chi connectivity index (χ0n) is 13.0. The van der Waals surface area contributed by atoms with Crippen molar-refractivity contribution in [3.05, 3.63) is 24.3 Å². The fourth-order valence-electron chi connectivity index (χ4n) is 3.20. The van der Waals surface area contributed by atoms with Crippen LogP contribution in [0.2, 0.25) is 0 Å². The van der Waals surface area contributed by atoms with Crippen LogP contribution >= 0.6 is 0 Å². The van der Waals surface area contributed by atoms with E-state index in [-0.39, 0.29) is 5.91 Å². The van der Waals surface area contributed by atoms with Crippen molar-refractivity contribution in [3.8, 4) is 0 Å². The number of hydrogen-bond acceptors (Lipinski definition) is 5. The van der Waals surface area contributed by atoms with Gasteiger partial charge in [0.1, 0.15) is 0 Å². The smallest absolute Gasteiger partial charge is 0.223 e. The average molecular weight is 304 g/mol. The molecule has 0 radical (unpaired) electrons. The summed E-state index contributed by atoms with van der Waals surface area (Å²) in [6, 6.07) is 0. The highest BCUT2D eigenvalue weighted by molar-refractivity contribution is 5.76. The lowest BCUT2D eigenvalue weighted by Crippen LogP contribution is -2.42. The molecule has 1 amide bonds. The first-order valence-electron chi connectivity index (χ1n) is 8.17. The minimum Gasteiger partial charge on any atom is -0.379 e. The molecule has 3 heterocycles. The number of ether oxygens (including phenoxy) is 1. The third-order valence-electron chi connectivity index (χ3n) is 4.52. The van der Waals surface area contributed by atoms with Gasteiger partial charge in [-0.05, 0) is 12.8 Å². The molecule has 1 aromatic rings. The van der Waals surface area contributed by atoms with Gasteiger partial charge in [0.25, 0.3) is 0 Å². The molecule has 120 valence electrons. The van der Waals surface area contributed by atoms with E-state index in [9.17, 15) is 4.79 Å². The van der Waals surface area contributed by atoms with Crippen LogP contribution in [0, 0.1) is 0 Å². The van der Waals surface area contributed by atoms with Crippen LogP contribution in [0.25, 0.3) is 0 Å². The van der Waals surface area contributed by atoms with Gasteiger partial charge in [-0.2, -0.15) is 0 Å². The third kappa shape index (κ3) is 4.01. The first-order valence-corrected chi connectivity index (χ1v) is 8.17. The molecule has 0 spiro atoms. The number of rotatable bonds is 4. The quantitative estimate of drug-likeness (QED) is 0.827. The van der Waals surface area contributed by atoms with Crippen LogP contribution in [0.1, 0.15) is 30.9 Å². The molecule has 0 aromatic carbocycles. The number of morpholine rings is 1. The number of carbonyl (C=O) groups excluding carboxylic acids is 1. The van der Waals surface area contributed by atoms with Crippen LogP contribution in [0.15, 0.2) is 18.6 Å². The molecule has 1 atom stereocenters. The van der Waals surface area contributed by atoms with E-state index in [2.05, 4.69) is 14.9 Å². The fourth-order valence-corrected chi connectivity index (χ4v) is 3.20. The lowest BCUT2D eigenvalue weighted by atomic mass is 9.95. The minimum absolute atomic E-state index is 0.264. The summed E-state index contributed by atoms with van der Waals surface area (Å²) in [5, 5.41) is 0. The van der Waals surface area contributed by atoms with Crippen molar-refractivity contribution in [2.75, 3.05) is 45.9 Å². The maximum absolute atomic E-state index is 12.4. The molecule has 0 saturated carbocycles. The predicted molar refractivity (Wildman–Crippen MR) is 82.5 cm³/mol. The number of nitrogens with zero attached hydrogens (tertiary/aromatic N) is 4. The van der Waals surface area contributed by atoms with E-state index in [1.807, 2.05) is 11.1 Å². The SMILES string of the molecule is O=C(CCN1CCOCC1)N1CCCC(c2cnccn2)C1. The molecule has 0 aliphatic carbocycles. The molecule has 1 unspecified atom stereocenters. The van der Waals surface area contributed by atoms with Gasteiger partial charge in [-0.25, -0.2) is 0 Å². The van der Waals surface area contributed by atoms with Crippen LogP contribution in [0.3, 0.4) is 0 Å². The van der Waals surface area contributed by atoms with Crippen molar-refractivity contribution in [1.29, 1.82) is 0 Å². The largest absolute Gasteiger partial charge is 0.379 e. The second-order valence-corrected chi connectivity index (χ2v) is 6.01. The van der Waals surface area contributed by atoms with E-state index in [4.69, 9.17) is 4.74 Å². The van der Waals surface area contributed by atoms with Crippen LogP contribution in [-0.4, -0.2) is 71.6 Å². The Morgan fingerprint density at radius 3 is 2.91 bits per heavy atom. The Hall–Kier alpha value is -1.53. The number of likely N-dealkylation sites (tertiary alicyclic amines) is 1. The van der Waals surface area contributed by atoms with Gasteiger partial charge < -0.3 is 9.64 Å².